The van der Waals surface area contributed by atoms with Crippen molar-refractivity contribution < 1.29 is 4.42 Å². The molecule has 0 spiro atoms. The van der Waals surface area contributed by atoms with Crippen molar-refractivity contribution in [1.82, 2.24) is 9.97 Å². The van der Waals surface area contributed by atoms with Gasteiger partial charge in [-0.1, -0.05) is 49.1 Å². The zero-order valence-corrected chi connectivity index (χ0v) is 11.2. The van der Waals surface area contributed by atoms with Gasteiger partial charge in [-0.15, -0.1) is 0 Å². The Hall–Kier alpha value is -2.68. The summed E-state index contributed by atoms with van der Waals surface area (Å²) in [7, 11) is 0. The number of aromatic nitrogens is 2. The van der Waals surface area contributed by atoms with Crippen molar-refractivity contribution >= 4 is 23.3 Å². The van der Waals surface area contributed by atoms with Gasteiger partial charge in [-0.25, -0.2) is 9.97 Å². The maximum absolute atomic E-state index is 5.78. The normalized spacial score (nSPS) is 13.1. The Labute approximate surface area is 116 Å². The maximum atomic E-state index is 5.78. The van der Waals surface area contributed by atoms with Crippen molar-refractivity contribution in [2.75, 3.05) is 0 Å². The monoisotopic (exact) mass is 262 g/mol. The van der Waals surface area contributed by atoms with Crippen molar-refractivity contribution in [3.8, 4) is 11.3 Å². The topological polar surface area (TPSA) is 38.9 Å². The molecule has 0 fully saturated rings. The minimum atomic E-state index is 0.597. The average Bonchev–Trinajstić information content (AvgIpc) is 2.86. The molecular weight excluding hydrogens is 248 g/mol. The summed E-state index contributed by atoms with van der Waals surface area (Å²) in [6.07, 6.45) is 7.13. The van der Waals surface area contributed by atoms with Crippen LogP contribution in [0.15, 0.2) is 53.7 Å². The summed E-state index contributed by atoms with van der Waals surface area (Å²) < 4.78 is 5.78. The smallest absolute Gasteiger partial charge is 0.230 e. The van der Waals surface area contributed by atoms with Crippen LogP contribution in [0.1, 0.15) is 6.92 Å². The summed E-state index contributed by atoms with van der Waals surface area (Å²) in [5.74, 6) is 0. The first kappa shape index (κ1) is 12.4. The van der Waals surface area contributed by atoms with Gasteiger partial charge < -0.3 is 4.42 Å². The summed E-state index contributed by atoms with van der Waals surface area (Å²) in [5.41, 5.74) is 3.31. The van der Waals surface area contributed by atoms with Gasteiger partial charge in [0.2, 0.25) is 5.71 Å². The lowest BCUT2D eigenvalue weighted by Gasteiger charge is -2.00. The Morgan fingerprint density at radius 1 is 1.15 bits per heavy atom. The zero-order valence-electron chi connectivity index (χ0n) is 11.2. The summed E-state index contributed by atoms with van der Waals surface area (Å²) in [5, 5.41) is 1.89. The Bertz CT molecular complexity index is 876. The molecule has 0 aliphatic rings. The molecule has 0 saturated carbocycles. The summed E-state index contributed by atoms with van der Waals surface area (Å²) in [6.45, 7) is 5.71. The third kappa shape index (κ3) is 1.93. The zero-order chi connectivity index (χ0) is 13.9. The molecule has 2 heterocycles. The molecule has 3 heteroatoms. The van der Waals surface area contributed by atoms with E-state index in [1.54, 1.807) is 6.08 Å². The summed E-state index contributed by atoms with van der Waals surface area (Å²) >= 11 is 0. The van der Waals surface area contributed by atoms with Gasteiger partial charge in [-0.05, 0) is 13.0 Å². The molecule has 0 saturated heterocycles. The van der Waals surface area contributed by atoms with Crippen molar-refractivity contribution in [2.45, 2.75) is 6.92 Å². The molecule has 1 aromatic carbocycles. The molecule has 98 valence electrons. The van der Waals surface area contributed by atoms with Gasteiger partial charge in [0, 0.05) is 10.8 Å². The molecule has 3 rings (SSSR count). The van der Waals surface area contributed by atoms with Crippen molar-refractivity contribution in [3.05, 3.63) is 59.9 Å². The van der Waals surface area contributed by atoms with Crippen LogP contribution in [0.4, 0.5) is 0 Å². The highest BCUT2D eigenvalue weighted by atomic mass is 16.3. The highest BCUT2D eigenvalue weighted by molar-refractivity contribution is 5.90. The van der Waals surface area contributed by atoms with E-state index in [-0.39, 0.29) is 0 Å². The Balaban J connectivity index is 2.49. The lowest BCUT2D eigenvalue weighted by molar-refractivity contribution is 0.563. The fourth-order valence-electron chi connectivity index (χ4n) is 2.28. The van der Waals surface area contributed by atoms with E-state index in [2.05, 4.69) is 16.5 Å². The van der Waals surface area contributed by atoms with E-state index in [1.165, 1.54) is 6.33 Å². The molecule has 0 unspecified atom stereocenters. The molecule has 0 aliphatic heterocycles. The number of nitrogens with zero attached hydrogens (tertiary/aromatic N) is 2. The van der Waals surface area contributed by atoms with Gasteiger partial charge in [-0.3, -0.25) is 0 Å². The largest absolute Gasteiger partial charge is 0.438 e. The quantitative estimate of drug-likeness (QED) is 0.712. The fraction of sp³-hybridized carbons (Fsp3) is 0.0588. The molecule has 0 amide bonds. The highest BCUT2D eigenvalue weighted by Crippen LogP contribution is 2.21. The van der Waals surface area contributed by atoms with E-state index in [0.717, 1.165) is 27.3 Å². The number of fused-ring (bicyclic) bond motifs is 1. The molecule has 0 bridgehead atoms. The second-order valence-corrected chi connectivity index (χ2v) is 4.34. The van der Waals surface area contributed by atoms with E-state index >= 15 is 0 Å². The van der Waals surface area contributed by atoms with Crippen molar-refractivity contribution in [2.24, 2.45) is 0 Å². The SMILES string of the molecule is C=C/C=c1\c(=C/C)oc2ncnc(-c3ccccc3)c12. The molecule has 3 aromatic rings. The summed E-state index contributed by atoms with van der Waals surface area (Å²) in [6, 6.07) is 10.0. The van der Waals surface area contributed by atoms with E-state index in [9.17, 15) is 0 Å². The average molecular weight is 262 g/mol. The lowest BCUT2D eigenvalue weighted by Crippen LogP contribution is -2.19. The Kier molecular flexibility index (Phi) is 3.17. The fourth-order valence-corrected chi connectivity index (χ4v) is 2.28. The molecule has 2 aromatic heterocycles. The number of furan rings is 1. The molecule has 0 radical (unpaired) electrons. The molecule has 3 nitrogen and oxygen atoms in total. The maximum Gasteiger partial charge on any atom is 0.230 e. The van der Waals surface area contributed by atoms with Crippen LogP contribution in [0.5, 0.6) is 0 Å². The van der Waals surface area contributed by atoms with Crippen LogP contribution >= 0.6 is 0 Å². The first-order chi connectivity index (χ1) is 9.85. The van der Waals surface area contributed by atoms with Gasteiger partial charge in [0.1, 0.15) is 11.7 Å². The molecule has 0 atom stereocenters. The van der Waals surface area contributed by atoms with Gasteiger partial charge in [-0.2, -0.15) is 0 Å². The van der Waals surface area contributed by atoms with E-state index < -0.39 is 0 Å². The Morgan fingerprint density at radius 3 is 2.65 bits per heavy atom. The number of hydrogen-bond acceptors (Lipinski definition) is 3. The van der Waals surface area contributed by atoms with E-state index in [0.29, 0.717) is 5.71 Å². The minimum absolute atomic E-state index is 0.597. The van der Waals surface area contributed by atoms with Crippen LogP contribution in [0.2, 0.25) is 0 Å². The second-order valence-electron chi connectivity index (χ2n) is 4.34. The number of benzene rings is 1. The van der Waals surface area contributed by atoms with Gasteiger partial charge in [0.05, 0.1) is 11.1 Å². The third-order valence-corrected chi connectivity index (χ3v) is 3.15. The van der Waals surface area contributed by atoms with Crippen LogP contribution in [0.25, 0.3) is 34.5 Å². The van der Waals surface area contributed by atoms with Gasteiger partial charge >= 0.3 is 0 Å². The van der Waals surface area contributed by atoms with Crippen molar-refractivity contribution in [1.29, 1.82) is 0 Å². The van der Waals surface area contributed by atoms with Crippen LogP contribution < -0.4 is 10.6 Å². The first-order valence-electron chi connectivity index (χ1n) is 6.43. The van der Waals surface area contributed by atoms with Gasteiger partial charge in [0.15, 0.2) is 0 Å². The number of rotatable bonds is 2. The van der Waals surface area contributed by atoms with E-state index in [4.69, 9.17) is 4.42 Å². The minimum Gasteiger partial charge on any atom is -0.438 e. The predicted molar refractivity (Wildman–Crippen MR) is 81.3 cm³/mol. The molecule has 20 heavy (non-hydrogen) atoms. The van der Waals surface area contributed by atoms with Crippen LogP contribution in [0, 0.1) is 0 Å². The van der Waals surface area contributed by atoms with Crippen LogP contribution in [-0.4, -0.2) is 9.97 Å². The van der Waals surface area contributed by atoms with Crippen molar-refractivity contribution in [3.63, 3.8) is 0 Å². The van der Waals surface area contributed by atoms with Crippen LogP contribution in [0.3, 0.4) is 0 Å². The number of hydrogen-bond donors (Lipinski definition) is 0. The lowest BCUT2D eigenvalue weighted by atomic mass is 10.1. The highest BCUT2D eigenvalue weighted by Gasteiger charge is 2.11. The van der Waals surface area contributed by atoms with E-state index in [1.807, 2.05) is 49.4 Å². The standard InChI is InChI=1S/C17H14N2O/c1-3-8-13-14(4-2)20-17-15(13)16(18-11-19-17)12-9-6-5-7-10-12/h3-11H,1H2,2H3/b13-8+,14-4+. The predicted octanol–water partition coefficient (Wildman–Crippen LogP) is 2.66. The second kappa shape index (κ2) is 5.13. The third-order valence-electron chi connectivity index (χ3n) is 3.15. The number of allylic oxidation sites excluding steroid dienone is 1. The van der Waals surface area contributed by atoms with Gasteiger partial charge in [0.25, 0.3) is 0 Å². The molecular formula is C17H14N2O. The first-order valence-corrected chi connectivity index (χ1v) is 6.43. The molecule has 0 N–H and O–H groups in total. The Morgan fingerprint density at radius 2 is 1.95 bits per heavy atom. The van der Waals surface area contributed by atoms with Crippen LogP contribution in [-0.2, 0) is 0 Å². The summed E-state index contributed by atoms with van der Waals surface area (Å²) in [4.78, 5) is 8.66. The molecule has 0 aliphatic carbocycles.